The Hall–Kier alpha value is -2.38. The minimum Gasteiger partial charge on any atom is -0.373 e. The van der Waals surface area contributed by atoms with Gasteiger partial charge < -0.3 is 10.2 Å². The number of benzene rings is 1. The first-order valence-electron chi connectivity index (χ1n) is 5.94. The number of alkyl halides is 3. The van der Waals surface area contributed by atoms with Gasteiger partial charge in [-0.3, -0.25) is 0 Å². The van der Waals surface area contributed by atoms with Gasteiger partial charge >= 0.3 is 6.18 Å². The Morgan fingerprint density at radius 3 is 2.43 bits per heavy atom. The molecule has 112 valence electrons. The summed E-state index contributed by atoms with van der Waals surface area (Å²) >= 11 is 0. The standard InChI is InChI=1S/C13H12F4N4/c1-18-10-7-11(20-12(19-10)13(15,16)17)21(2)9-5-3-4-8(14)6-9/h3-7H,1-2H3,(H,18,19,20). The number of aromatic nitrogens is 2. The van der Waals surface area contributed by atoms with Crippen molar-refractivity contribution in [3.8, 4) is 0 Å². The fourth-order valence-corrected chi connectivity index (χ4v) is 1.68. The molecule has 4 nitrogen and oxygen atoms in total. The van der Waals surface area contributed by atoms with E-state index in [0.29, 0.717) is 5.69 Å². The van der Waals surface area contributed by atoms with E-state index in [1.165, 1.54) is 43.3 Å². The highest BCUT2D eigenvalue weighted by atomic mass is 19.4. The predicted octanol–water partition coefficient (Wildman–Crippen LogP) is 3.44. The van der Waals surface area contributed by atoms with Gasteiger partial charge in [-0.2, -0.15) is 13.2 Å². The lowest BCUT2D eigenvalue weighted by atomic mass is 10.3. The lowest BCUT2D eigenvalue weighted by Crippen LogP contribution is -2.18. The first kappa shape index (κ1) is 15.0. The van der Waals surface area contributed by atoms with Crippen molar-refractivity contribution in [1.29, 1.82) is 0 Å². The highest BCUT2D eigenvalue weighted by molar-refractivity contribution is 5.61. The van der Waals surface area contributed by atoms with E-state index >= 15 is 0 Å². The molecule has 0 saturated heterocycles. The van der Waals surface area contributed by atoms with E-state index in [4.69, 9.17) is 0 Å². The third kappa shape index (κ3) is 3.39. The molecule has 0 radical (unpaired) electrons. The number of nitrogens with one attached hydrogen (secondary N) is 1. The van der Waals surface area contributed by atoms with Crippen LogP contribution < -0.4 is 10.2 Å². The number of nitrogens with zero attached hydrogens (tertiary/aromatic N) is 3. The molecule has 2 rings (SSSR count). The van der Waals surface area contributed by atoms with E-state index in [2.05, 4.69) is 15.3 Å². The molecular formula is C13H12F4N4. The number of hydrogen-bond donors (Lipinski definition) is 1. The largest absolute Gasteiger partial charge is 0.451 e. The Labute approximate surface area is 118 Å². The van der Waals surface area contributed by atoms with Gasteiger partial charge in [-0.05, 0) is 18.2 Å². The van der Waals surface area contributed by atoms with E-state index in [0.717, 1.165) is 0 Å². The monoisotopic (exact) mass is 300 g/mol. The van der Waals surface area contributed by atoms with Crippen molar-refractivity contribution in [2.75, 3.05) is 24.3 Å². The van der Waals surface area contributed by atoms with Crippen molar-refractivity contribution >= 4 is 17.3 Å². The van der Waals surface area contributed by atoms with E-state index in [-0.39, 0.29) is 11.6 Å². The summed E-state index contributed by atoms with van der Waals surface area (Å²) in [6, 6.07) is 6.83. The molecular weight excluding hydrogens is 288 g/mol. The summed E-state index contributed by atoms with van der Waals surface area (Å²) in [6.07, 6.45) is -4.66. The van der Waals surface area contributed by atoms with Crippen LogP contribution in [0.15, 0.2) is 30.3 Å². The molecule has 0 unspecified atom stereocenters. The van der Waals surface area contributed by atoms with Gasteiger partial charge in [-0.1, -0.05) is 6.07 Å². The van der Waals surface area contributed by atoms with Crippen molar-refractivity contribution in [1.82, 2.24) is 9.97 Å². The second-order valence-electron chi connectivity index (χ2n) is 4.22. The number of hydrogen-bond acceptors (Lipinski definition) is 4. The molecule has 0 fully saturated rings. The molecule has 0 saturated carbocycles. The zero-order chi connectivity index (χ0) is 15.6. The molecule has 8 heteroatoms. The van der Waals surface area contributed by atoms with Crippen LogP contribution in [0.4, 0.5) is 34.9 Å². The van der Waals surface area contributed by atoms with Gasteiger partial charge in [0.25, 0.3) is 0 Å². The number of halogens is 4. The van der Waals surface area contributed by atoms with Gasteiger partial charge in [-0.25, -0.2) is 14.4 Å². The average Bonchev–Trinajstić information content (AvgIpc) is 2.45. The van der Waals surface area contributed by atoms with Gasteiger partial charge in [0, 0.05) is 25.8 Å². The molecule has 0 atom stereocenters. The van der Waals surface area contributed by atoms with Crippen LogP contribution in [0.25, 0.3) is 0 Å². The molecule has 0 aliphatic carbocycles. The molecule has 1 aromatic carbocycles. The molecule has 0 aliphatic heterocycles. The number of anilines is 3. The molecule has 0 aliphatic rings. The SMILES string of the molecule is CNc1cc(N(C)c2cccc(F)c2)nc(C(F)(F)F)n1. The van der Waals surface area contributed by atoms with Gasteiger partial charge in [0.15, 0.2) is 0 Å². The van der Waals surface area contributed by atoms with Gasteiger partial charge in [0.1, 0.15) is 17.5 Å². The van der Waals surface area contributed by atoms with Crippen LogP contribution in [0.5, 0.6) is 0 Å². The molecule has 1 aromatic heterocycles. The highest BCUT2D eigenvalue weighted by Gasteiger charge is 2.35. The molecule has 2 aromatic rings. The third-order valence-electron chi connectivity index (χ3n) is 2.76. The summed E-state index contributed by atoms with van der Waals surface area (Å²) in [5.74, 6) is -1.71. The Morgan fingerprint density at radius 1 is 1.14 bits per heavy atom. The van der Waals surface area contributed by atoms with E-state index < -0.39 is 17.8 Å². The molecule has 0 spiro atoms. The van der Waals surface area contributed by atoms with Crippen LogP contribution in [-0.4, -0.2) is 24.1 Å². The zero-order valence-electron chi connectivity index (χ0n) is 11.2. The molecule has 21 heavy (non-hydrogen) atoms. The van der Waals surface area contributed by atoms with Crippen molar-refractivity contribution in [3.05, 3.63) is 42.0 Å². The average molecular weight is 300 g/mol. The Balaban J connectivity index is 2.47. The van der Waals surface area contributed by atoms with Crippen LogP contribution >= 0.6 is 0 Å². The van der Waals surface area contributed by atoms with Crippen LogP contribution in [0, 0.1) is 5.82 Å². The minimum absolute atomic E-state index is 0.00674. The third-order valence-corrected chi connectivity index (χ3v) is 2.76. The summed E-state index contributed by atoms with van der Waals surface area (Å²) in [7, 11) is 2.95. The Kier molecular flexibility index (Phi) is 3.97. The topological polar surface area (TPSA) is 41.0 Å². The lowest BCUT2D eigenvalue weighted by Gasteiger charge is -2.20. The van der Waals surface area contributed by atoms with Gasteiger partial charge in [0.2, 0.25) is 5.82 Å². The molecule has 0 amide bonds. The van der Waals surface area contributed by atoms with Gasteiger partial charge in [0.05, 0.1) is 0 Å². The fraction of sp³-hybridized carbons (Fsp3) is 0.231. The van der Waals surface area contributed by atoms with Crippen LogP contribution in [0.3, 0.4) is 0 Å². The van der Waals surface area contributed by atoms with Crippen LogP contribution in [0.1, 0.15) is 5.82 Å². The second kappa shape index (κ2) is 5.55. The molecule has 1 N–H and O–H groups in total. The summed E-state index contributed by atoms with van der Waals surface area (Å²) in [6.45, 7) is 0. The van der Waals surface area contributed by atoms with Gasteiger partial charge in [-0.15, -0.1) is 0 Å². The zero-order valence-corrected chi connectivity index (χ0v) is 11.2. The second-order valence-corrected chi connectivity index (χ2v) is 4.22. The van der Waals surface area contributed by atoms with Crippen LogP contribution in [0.2, 0.25) is 0 Å². The maximum Gasteiger partial charge on any atom is 0.451 e. The smallest absolute Gasteiger partial charge is 0.373 e. The van der Waals surface area contributed by atoms with Crippen molar-refractivity contribution in [2.24, 2.45) is 0 Å². The maximum absolute atomic E-state index is 13.2. The quantitative estimate of drug-likeness (QED) is 0.882. The van der Waals surface area contributed by atoms with Crippen molar-refractivity contribution in [2.45, 2.75) is 6.18 Å². The Morgan fingerprint density at radius 2 is 1.86 bits per heavy atom. The van der Waals surface area contributed by atoms with Crippen LogP contribution in [-0.2, 0) is 6.18 Å². The molecule has 0 bridgehead atoms. The first-order valence-corrected chi connectivity index (χ1v) is 5.94. The predicted molar refractivity (Wildman–Crippen MR) is 71.0 cm³/mol. The summed E-state index contributed by atoms with van der Waals surface area (Å²) in [5.41, 5.74) is 0.379. The van der Waals surface area contributed by atoms with E-state index in [9.17, 15) is 17.6 Å². The highest BCUT2D eigenvalue weighted by Crippen LogP contribution is 2.30. The van der Waals surface area contributed by atoms with E-state index in [1.807, 2.05) is 0 Å². The maximum atomic E-state index is 13.2. The Bertz CT molecular complexity index is 642. The minimum atomic E-state index is -4.66. The van der Waals surface area contributed by atoms with Crippen molar-refractivity contribution < 1.29 is 17.6 Å². The normalized spacial score (nSPS) is 11.3. The van der Waals surface area contributed by atoms with E-state index in [1.54, 1.807) is 6.07 Å². The first-order chi connectivity index (χ1) is 9.81. The van der Waals surface area contributed by atoms with Crippen molar-refractivity contribution in [3.63, 3.8) is 0 Å². The lowest BCUT2D eigenvalue weighted by molar-refractivity contribution is -0.144. The summed E-state index contributed by atoms with van der Waals surface area (Å²) in [4.78, 5) is 8.20. The summed E-state index contributed by atoms with van der Waals surface area (Å²) in [5, 5.41) is 2.55. The number of rotatable bonds is 3. The fourth-order valence-electron chi connectivity index (χ4n) is 1.68. The summed E-state index contributed by atoms with van der Waals surface area (Å²) < 4.78 is 51.6. The molecule has 1 heterocycles.